The SMILES string of the molecule is CN(C)S(=O)(=O)NCc1ccc2nccnc2c1. The van der Waals surface area contributed by atoms with E-state index in [1.165, 1.54) is 14.1 Å². The third-order valence-electron chi connectivity index (χ3n) is 2.47. The topological polar surface area (TPSA) is 75.2 Å². The molecule has 0 aliphatic carbocycles. The smallest absolute Gasteiger partial charge is 0.253 e. The highest BCUT2D eigenvalue weighted by molar-refractivity contribution is 7.87. The van der Waals surface area contributed by atoms with Gasteiger partial charge < -0.3 is 0 Å². The molecule has 0 amide bonds. The molecule has 0 bridgehead atoms. The first kappa shape index (κ1) is 12.9. The van der Waals surface area contributed by atoms with Crippen LogP contribution in [0.5, 0.6) is 0 Å². The van der Waals surface area contributed by atoms with Crippen molar-refractivity contribution in [2.75, 3.05) is 14.1 Å². The Morgan fingerprint density at radius 3 is 2.50 bits per heavy atom. The Morgan fingerprint density at radius 2 is 1.83 bits per heavy atom. The van der Waals surface area contributed by atoms with Crippen LogP contribution in [0.15, 0.2) is 30.6 Å². The van der Waals surface area contributed by atoms with Crippen LogP contribution in [0.1, 0.15) is 5.56 Å². The van der Waals surface area contributed by atoms with Gasteiger partial charge in [0.1, 0.15) is 0 Å². The van der Waals surface area contributed by atoms with Crippen LogP contribution in [0.3, 0.4) is 0 Å². The van der Waals surface area contributed by atoms with E-state index in [1.807, 2.05) is 18.2 Å². The second-order valence-electron chi connectivity index (χ2n) is 3.99. The van der Waals surface area contributed by atoms with Crippen LogP contribution >= 0.6 is 0 Å². The highest BCUT2D eigenvalue weighted by Gasteiger charge is 2.12. The lowest BCUT2D eigenvalue weighted by Crippen LogP contribution is -2.35. The molecule has 18 heavy (non-hydrogen) atoms. The van der Waals surface area contributed by atoms with E-state index in [1.54, 1.807) is 12.4 Å². The Kier molecular flexibility index (Phi) is 3.55. The van der Waals surface area contributed by atoms with Gasteiger partial charge in [0.2, 0.25) is 0 Å². The van der Waals surface area contributed by atoms with Crippen LogP contribution in [0.25, 0.3) is 11.0 Å². The van der Waals surface area contributed by atoms with Gasteiger partial charge in [-0.2, -0.15) is 17.4 Å². The van der Waals surface area contributed by atoms with E-state index >= 15 is 0 Å². The van der Waals surface area contributed by atoms with Crippen LogP contribution in [0.4, 0.5) is 0 Å². The normalized spacial score (nSPS) is 12.2. The van der Waals surface area contributed by atoms with Crippen LogP contribution in [-0.4, -0.2) is 36.8 Å². The fourth-order valence-electron chi connectivity index (χ4n) is 1.42. The Hall–Kier alpha value is -1.57. The van der Waals surface area contributed by atoms with Crippen molar-refractivity contribution < 1.29 is 8.42 Å². The maximum absolute atomic E-state index is 11.6. The van der Waals surface area contributed by atoms with Crippen molar-refractivity contribution in [3.63, 3.8) is 0 Å². The lowest BCUT2D eigenvalue weighted by molar-refractivity contribution is 0.505. The van der Waals surface area contributed by atoms with Gasteiger partial charge in [0.25, 0.3) is 10.2 Å². The first-order chi connectivity index (χ1) is 8.49. The first-order valence-electron chi connectivity index (χ1n) is 5.36. The predicted octanol–water partition coefficient (Wildman–Crippen LogP) is 0.526. The van der Waals surface area contributed by atoms with Crippen LogP contribution in [0, 0.1) is 0 Å². The van der Waals surface area contributed by atoms with Crippen LogP contribution < -0.4 is 4.72 Å². The summed E-state index contributed by atoms with van der Waals surface area (Å²) in [5.41, 5.74) is 2.38. The van der Waals surface area contributed by atoms with E-state index < -0.39 is 10.2 Å². The maximum Gasteiger partial charge on any atom is 0.279 e. The third-order valence-corrected chi connectivity index (χ3v) is 3.94. The zero-order valence-corrected chi connectivity index (χ0v) is 11.0. The number of nitrogens with zero attached hydrogens (tertiary/aromatic N) is 3. The Labute approximate surface area is 106 Å². The second-order valence-corrected chi connectivity index (χ2v) is 5.96. The number of aromatic nitrogens is 2. The molecule has 6 nitrogen and oxygen atoms in total. The molecule has 0 atom stereocenters. The molecule has 1 heterocycles. The summed E-state index contributed by atoms with van der Waals surface area (Å²) in [7, 11) is -0.442. The second kappa shape index (κ2) is 4.97. The van der Waals surface area contributed by atoms with E-state index in [-0.39, 0.29) is 6.54 Å². The molecule has 0 aliphatic rings. The molecule has 2 aromatic rings. The monoisotopic (exact) mass is 266 g/mol. The van der Waals surface area contributed by atoms with Crippen molar-refractivity contribution in [3.8, 4) is 0 Å². The Morgan fingerprint density at radius 1 is 1.17 bits per heavy atom. The number of fused-ring (bicyclic) bond motifs is 1. The number of hydrogen-bond donors (Lipinski definition) is 1. The van der Waals surface area contributed by atoms with Crippen molar-refractivity contribution >= 4 is 21.2 Å². The van der Waals surface area contributed by atoms with Gasteiger partial charge in [-0.05, 0) is 17.7 Å². The average Bonchev–Trinajstić information content (AvgIpc) is 2.36. The summed E-state index contributed by atoms with van der Waals surface area (Å²) in [6.45, 7) is 0.229. The predicted molar refractivity (Wildman–Crippen MR) is 69.0 cm³/mol. The minimum Gasteiger partial charge on any atom is -0.253 e. The highest BCUT2D eigenvalue weighted by atomic mass is 32.2. The van der Waals surface area contributed by atoms with Crippen molar-refractivity contribution in [1.82, 2.24) is 19.0 Å². The van der Waals surface area contributed by atoms with Gasteiger partial charge in [-0.15, -0.1) is 0 Å². The molecule has 0 radical (unpaired) electrons. The number of rotatable bonds is 4. The van der Waals surface area contributed by atoms with Crippen LogP contribution in [-0.2, 0) is 16.8 Å². The van der Waals surface area contributed by atoms with Crippen molar-refractivity contribution in [3.05, 3.63) is 36.2 Å². The zero-order chi connectivity index (χ0) is 13.2. The summed E-state index contributed by atoms with van der Waals surface area (Å²) in [4.78, 5) is 8.32. The first-order valence-corrected chi connectivity index (χ1v) is 6.80. The van der Waals surface area contributed by atoms with E-state index in [0.717, 1.165) is 20.9 Å². The molecule has 0 saturated carbocycles. The molecule has 0 unspecified atom stereocenters. The molecule has 0 fully saturated rings. The standard InChI is InChI=1S/C11H14N4O2S/c1-15(2)18(16,17)14-8-9-3-4-10-11(7-9)13-6-5-12-10/h3-7,14H,8H2,1-2H3. The molecule has 7 heteroatoms. The van der Waals surface area contributed by atoms with E-state index in [9.17, 15) is 8.42 Å². The summed E-state index contributed by atoms with van der Waals surface area (Å²) >= 11 is 0. The summed E-state index contributed by atoms with van der Waals surface area (Å²) in [6, 6.07) is 5.47. The van der Waals surface area contributed by atoms with E-state index in [0.29, 0.717) is 0 Å². The molecule has 2 rings (SSSR count). The molecule has 96 valence electrons. The molecule has 1 aromatic heterocycles. The number of hydrogen-bond acceptors (Lipinski definition) is 4. The summed E-state index contributed by atoms with van der Waals surface area (Å²) in [5.74, 6) is 0. The molecule has 0 saturated heterocycles. The Bertz CT molecular complexity index is 655. The quantitative estimate of drug-likeness (QED) is 0.875. The van der Waals surface area contributed by atoms with Gasteiger partial charge in [0, 0.05) is 33.0 Å². The molecule has 0 aliphatic heterocycles. The molecule has 0 spiro atoms. The van der Waals surface area contributed by atoms with Gasteiger partial charge in [-0.1, -0.05) is 6.07 Å². The van der Waals surface area contributed by atoms with E-state index in [4.69, 9.17) is 0 Å². The van der Waals surface area contributed by atoms with Crippen molar-refractivity contribution in [2.45, 2.75) is 6.54 Å². The minimum absolute atomic E-state index is 0.229. The lowest BCUT2D eigenvalue weighted by atomic mass is 10.2. The molecule has 1 N–H and O–H groups in total. The van der Waals surface area contributed by atoms with Gasteiger partial charge in [0.15, 0.2) is 0 Å². The summed E-state index contributed by atoms with van der Waals surface area (Å²) < 4.78 is 26.7. The highest BCUT2D eigenvalue weighted by Crippen LogP contribution is 2.10. The van der Waals surface area contributed by atoms with Gasteiger partial charge in [-0.25, -0.2) is 0 Å². The van der Waals surface area contributed by atoms with Crippen molar-refractivity contribution in [2.24, 2.45) is 0 Å². The summed E-state index contributed by atoms with van der Waals surface area (Å²) in [5, 5.41) is 0. The average molecular weight is 266 g/mol. The lowest BCUT2D eigenvalue weighted by Gasteiger charge is -2.12. The molecule has 1 aromatic carbocycles. The number of nitrogens with one attached hydrogen (secondary N) is 1. The summed E-state index contributed by atoms with van der Waals surface area (Å²) in [6.07, 6.45) is 3.23. The molecular formula is C11H14N4O2S. The van der Waals surface area contributed by atoms with Gasteiger partial charge in [-0.3, -0.25) is 9.97 Å². The maximum atomic E-state index is 11.6. The third kappa shape index (κ3) is 2.81. The van der Waals surface area contributed by atoms with Gasteiger partial charge in [0.05, 0.1) is 11.0 Å². The van der Waals surface area contributed by atoms with E-state index in [2.05, 4.69) is 14.7 Å². The van der Waals surface area contributed by atoms with Crippen LogP contribution in [0.2, 0.25) is 0 Å². The van der Waals surface area contributed by atoms with Gasteiger partial charge >= 0.3 is 0 Å². The van der Waals surface area contributed by atoms with Crippen molar-refractivity contribution in [1.29, 1.82) is 0 Å². The fraction of sp³-hybridized carbons (Fsp3) is 0.273. The largest absolute Gasteiger partial charge is 0.279 e. The fourth-order valence-corrected chi connectivity index (χ4v) is 2.03. The molecular weight excluding hydrogens is 252 g/mol. The zero-order valence-electron chi connectivity index (χ0n) is 10.2. The number of benzene rings is 1. The Balaban J connectivity index is 2.18. The minimum atomic E-state index is -3.40.